The van der Waals surface area contributed by atoms with Gasteiger partial charge in [0.05, 0.1) is 11.0 Å². The number of carbonyl (C=O) groups is 1. The number of nitrogens with two attached hydrogens (primary N) is 1. The Bertz CT molecular complexity index is 542. The Morgan fingerprint density at radius 2 is 2.25 bits per heavy atom. The molecule has 20 heavy (non-hydrogen) atoms. The first-order valence-corrected chi connectivity index (χ1v) is 6.37. The molecule has 108 valence electrons. The van der Waals surface area contributed by atoms with Crippen molar-refractivity contribution in [2.45, 2.75) is 18.9 Å². The van der Waals surface area contributed by atoms with Crippen LogP contribution < -0.4 is 5.73 Å². The summed E-state index contributed by atoms with van der Waals surface area (Å²) in [6, 6.07) is 3.96. The smallest absolute Gasteiger partial charge is 0.292 e. The topological polar surface area (TPSA) is 110 Å². The van der Waals surface area contributed by atoms with Gasteiger partial charge in [-0.05, 0) is 30.9 Å². The molecule has 1 amide bonds. The van der Waals surface area contributed by atoms with E-state index in [4.69, 9.17) is 5.73 Å². The molecular weight excluding hydrogens is 262 g/mol. The number of anilines is 1. The highest BCUT2D eigenvalue weighted by atomic mass is 16.6. The summed E-state index contributed by atoms with van der Waals surface area (Å²) in [5.74, 6) is -0.0983. The zero-order chi connectivity index (χ0) is 14.9. The third kappa shape index (κ3) is 3.05. The van der Waals surface area contributed by atoms with Gasteiger partial charge in [0, 0.05) is 25.2 Å². The Kier molecular flexibility index (Phi) is 3.89. The fourth-order valence-electron chi connectivity index (χ4n) is 2.05. The van der Waals surface area contributed by atoms with Gasteiger partial charge >= 0.3 is 0 Å². The summed E-state index contributed by atoms with van der Waals surface area (Å²) in [6.45, 7) is 0.224. The van der Waals surface area contributed by atoms with E-state index in [2.05, 4.69) is 0 Å². The van der Waals surface area contributed by atoms with Gasteiger partial charge in [-0.2, -0.15) is 0 Å². The highest BCUT2D eigenvalue weighted by Crippen LogP contribution is 2.33. The van der Waals surface area contributed by atoms with E-state index in [1.165, 1.54) is 17.0 Å². The molecule has 0 aliphatic heterocycles. The van der Waals surface area contributed by atoms with Crippen LogP contribution in [-0.2, 0) is 0 Å². The number of carbonyl (C=O) groups excluding carboxylic acids is 1. The quantitative estimate of drug-likeness (QED) is 0.475. The van der Waals surface area contributed by atoms with Crippen LogP contribution in [0.1, 0.15) is 23.2 Å². The van der Waals surface area contributed by atoms with E-state index >= 15 is 0 Å². The normalized spacial score (nSPS) is 15.7. The number of aliphatic hydroxyl groups excluding tert-OH is 1. The van der Waals surface area contributed by atoms with Crippen LogP contribution in [0, 0.1) is 16.0 Å². The van der Waals surface area contributed by atoms with Crippen molar-refractivity contribution in [3.05, 3.63) is 33.9 Å². The van der Waals surface area contributed by atoms with Crippen LogP contribution in [0.25, 0.3) is 0 Å². The Morgan fingerprint density at radius 1 is 1.60 bits per heavy atom. The lowest BCUT2D eigenvalue weighted by Gasteiger charge is -2.20. The van der Waals surface area contributed by atoms with Crippen LogP contribution in [0.5, 0.6) is 0 Å². The number of nitrogens with zero attached hydrogens (tertiary/aromatic N) is 2. The third-order valence-corrected chi connectivity index (χ3v) is 3.45. The summed E-state index contributed by atoms with van der Waals surface area (Å²) in [5.41, 5.74) is 5.42. The number of nitrogen functional groups attached to an aromatic ring is 1. The van der Waals surface area contributed by atoms with E-state index in [0.29, 0.717) is 0 Å². The largest absolute Gasteiger partial charge is 0.393 e. The van der Waals surface area contributed by atoms with Crippen LogP contribution in [-0.4, -0.2) is 40.5 Å². The number of rotatable bonds is 5. The third-order valence-electron chi connectivity index (χ3n) is 3.45. The predicted octanol–water partition coefficient (Wildman–Crippen LogP) is 1.02. The maximum absolute atomic E-state index is 12.2. The lowest BCUT2D eigenvalue weighted by molar-refractivity contribution is -0.383. The summed E-state index contributed by atoms with van der Waals surface area (Å²) in [6.07, 6.45) is 1.43. The van der Waals surface area contributed by atoms with Gasteiger partial charge in [0.15, 0.2) is 0 Å². The molecule has 1 aromatic carbocycles. The van der Waals surface area contributed by atoms with Gasteiger partial charge in [0.25, 0.3) is 11.6 Å². The molecule has 0 radical (unpaired) electrons. The second kappa shape index (κ2) is 5.46. The number of likely N-dealkylation sites (N-methyl/N-ethyl adjacent to an activating group) is 1. The molecule has 0 aromatic heterocycles. The van der Waals surface area contributed by atoms with E-state index in [1.54, 1.807) is 7.05 Å². The summed E-state index contributed by atoms with van der Waals surface area (Å²) in [5, 5.41) is 20.6. The molecule has 1 aliphatic rings. The summed E-state index contributed by atoms with van der Waals surface area (Å²) in [7, 11) is 1.57. The second-order valence-corrected chi connectivity index (χ2v) is 5.12. The van der Waals surface area contributed by atoms with Crippen molar-refractivity contribution >= 4 is 17.3 Å². The SMILES string of the molecule is CN(CC(O)C1CC1)C(=O)c1ccc(N)c([N+](=O)[O-])c1. The predicted molar refractivity (Wildman–Crippen MR) is 73.2 cm³/mol. The lowest BCUT2D eigenvalue weighted by atomic mass is 10.1. The maximum Gasteiger partial charge on any atom is 0.292 e. The second-order valence-electron chi connectivity index (χ2n) is 5.12. The molecule has 1 unspecified atom stereocenters. The highest BCUT2D eigenvalue weighted by molar-refractivity contribution is 5.95. The zero-order valence-corrected chi connectivity index (χ0v) is 11.2. The zero-order valence-electron chi connectivity index (χ0n) is 11.2. The van der Waals surface area contributed by atoms with Gasteiger partial charge in [-0.1, -0.05) is 0 Å². The van der Waals surface area contributed by atoms with Crippen molar-refractivity contribution in [3.63, 3.8) is 0 Å². The molecule has 0 heterocycles. The van der Waals surface area contributed by atoms with E-state index in [0.717, 1.165) is 18.9 Å². The van der Waals surface area contributed by atoms with Crippen LogP contribution >= 0.6 is 0 Å². The van der Waals surface area contributed by atoms with Gasteiger partial charge in [-0.25, -0.2) is 0 Å². The van der Waals surface area contributed by atoms with E-state index in [9.17, 15) is 20.0 Å². The highest BCUT2D eigenvalue weighted by Gasteiger charge is 2.31. The van der Waals surface area contributed by atoms with Crippen molar-refractivity contribution in [2.75, 3.05) is 19.3 Å². The summed E-state index contributed by atoms with van der Waals surface area (Å²) in [4.78, 5) is 23.7. The van der Waals surface area contributed by atoms with Crippen molar-refractivity contribution in [2.24, 2.45) is 5.92 Å². The van der Waals surface area contributed by atoms with E-state index in [1.807, 2.05) is 0 Å². The fraction of sp³-hybridized carbons (Fsp3) is 0.462. The van der Waals surface area contributed by atoms with Crippen LogP contribution in [0.2, 0.25) is 0 Å². The molecule has 1 fully saturated rings. The molecule has 7 heteroatoms. The standard InChI is InChI=1S/C13H17N3O4/c1-15(7-12(17)8-2-3-8)13(18)9-4-5-10(14)11(6-9)16(19)20/h4-6,8,12,17H,2-3,7,14H2,1H3. The molecule has 3 N–H and O–H groups in total. The first kappa shape index (κ1) is 14.3. The monoisotopic (exact) mass is 279 g/mol. The molecule has 1 atom stereocenters. The van der Waals surface area contributed by atoms with E-state index < -0.39 is 11.0 Å². The molecule has 1 aromatic rings. The van der Waals surface area contributed by atoms with Crippen molar-refractivity contribution in [1.82, 2.24) is 4.90 Å². The van der Waals surface area contributed by atoms with Crippen LogP contribution in [0.3, 0.4) is 0 Å². The fourth-order valence-corrected chi connectivity index (χ4v) is 2.05. The van der Waals surface area contributed by atoms with Crippen molar-refractivity contribution in [1.29, 1.82) is 0 Å². The summed E-state index contributed by atoms with van der Waals surface area (Å²) < 4.78 is 0. The number of hydrogen-bond donors (Lipinski definition) is 2. The van der Waals surface area contributed by atoms with Gasteiger partial charge in [-0.3, -0.25) is 14.9 Å². The first-order valence-electron chi connectivity index (χ1n) is 6.37. The number of aliphatic hydroxyl groups is 1. The average Bonchev–Trinajstić information content (AvgIpc) is 3.22. The number of nitro groups is 1. The molecule has 1 saturated carbocycles. The van der Waals surface area contributed by atoms with E-state index in [-0.39, 0.29) is 35.3 Å². The number of nitro benzene ring substituents is 1. The molecule has 1 aliphatic carbocycles. The Balaban J connectivity index is 2.11. The first-order chi connectivity index (χ1) is 9.40. The number of amides is 1. The Hall–Kier alpha value is -2.15. The molecule has 0 bridgehead atoms. The van der Waals surface area contributed by atoms with Gasteiger partial charge in [-0.15, -0.1) is 0 Å². The minimum atomic E-state index is -0.620. The van der Waals surface area contributed by atoms with Crippen LogP contribution in [0.15, 0.2) is 18.2 Å². The van der Waals surface area contributed by atoms with Gasteiger partial charge < -0.3 is 15.7 Å². The Labute approximate surface area is 116 Å². The van der Waals surface area contributed by atoms with Crippen LogP contribution in [0.4, 0.5) is 11.4 Å². The van der Waals surface area contributed by atoms with Gasteiger partial charge in [0.2, 0.25) is 0 Å². The molecule has 2 rings (SSSR count). The molecular formula is C13H17N3O4. The maximum atomic E-state index is 12.2. The number of benzene rings is 1. The van der Waals surface area contributed by atoms with Crippen molar-refractivity contribution < 1.29 is 14.8 Å². The number of hydrogen-bond acceptors (Lipinski definition) is 5. The minimum Gasteiger partial charge on any atom is -0.393 e. The summed E-state index contributed by atoms with van der Waals surface area (Å²) >= 11 is 0. The average molecular weight is 279 g/mol. The minimum absolute atomic E-state index is 0.0206. The Morgan fingerprint density at radius 3 is 2.80 bits per heavy atom. The van der Waals surface area contributed by atoms with Crippen molar-refractivity contribution in [3.8, 4) is 0 Å². The lowest BCUT2D eigenvalue weighted by Crippen LogP contribution is -2.35. The van der Waals surface area contributed by atoms with Gasteiger partial charge in [0.1, 0.15) is 5.69 Å². The molecule has 0 saturated heterocycles. The molecule has 0 spiro atoms. The molecule has 7 nitrogen and oxygen atoms in total.